The lowest BCUT2D eigenvalue weighted by molar-refractivity contribution is -0.206. The molecule has 0 spiro atoms. The monoisotopic (exact) mass is 160 g/mol. The zero-order chi connectivity index (χ0) is 8.74. The number of hydrogen-bond donors (Lipinski definition) is 1. The molecule has 11 heavy (non-hydrogen) atoms. The molecule has 2 nitrogen and oxygen atoms in total. The minimum absolute atomic E-state index is 0.591. The molecule has 0 aliphatic heterocycles. The quantitative estimate of drug-likeness (QED) is 0.604. The minimum atomic E-state index is -0.856. The van der Waals surface area contributed by atoms with Gasteiger partial charge in [-0.1, -0.05) is 20.3 Å². The largest absolute Gasteiger partial charge is 0.365 e. The van der Waals surface area contributed by atoms with Crippen LogP contribution in [-0.2, 0) is 4.74 Å². The van der Waals surface area contributed by atoms with E-state index < -0.39 is 5.79 Å². The first-order chi connectivity index (χ1) is 5.18. The summed E-state index contributed by atoms with van der Waals surface area (Å²) >= 11 is 0. The number of ether oxygens (including phenoxy) is 1. The van der Waals surface area contributed by atoms with Gasteiger partial charge in [0.05, 0.1) is 0 Å². The number of rotatable bonds is 6. The van der Waals surface area contributed by atoms with Crippen LogP contribution >= 0.6 is 0 Å². The van der Waals surface area contributed by atoms with Gasteiger partial charge in [0.1, 0.15) is 0 Å². The van der Waals surface area contributed by atoms with Crippen LogP contribution in [0.25, 0.3) is 0 Å². The van der Waals surface area contributed by atoms with Crippen molar-refractivity contribution < 1.29 is 9.84 Å². The predicted molar refractivity (Wildman–Crippen MR) is 46.4 cm³/mol. The van der Waals surface area contributed by atoms with Crippen LogP contribution < -0.4 is 0 Å². The lowest BCUT2D eigenvalue weighted by atomic mass is 10.1. The van der Waals surface area contributed by atoms with Gasteiger partial charge in [-0.3, -0.25) is 0 Å². The molecule has 1 unspecified atom stereocenters. The van der Waals surface area contributed by atoms with Gasteiger partial charge in [0, 0.05) is 13.0 Å². The smallest absolute Gasteiger partial charge is 0.165 e. The van der Waals surface area contributed by atoms with Crippen molar-refractivity contribution in [2.75, 3.05) is 6.61 Å². The molecule has 1 N–H and O–H groups in total. The molecule has 0 aliphatic rings. The van der Waals surface area contributed by atoms with Gasteiger partial charge in [-0.2, -0.15) is 0 Å². The third kappa shape index (κ3) is 4.38. The molecule has 0 aromatic carbocycles. The highest BCUT2D eigenvalue weighted by atomic mass is 16.6. The summed E-state index contributed by atoms with van der Waals surface area (Å²) in [4.78, 5) is 0. The lowest BCUT2D eigenvalue weighted by Gasteiger charge is -2.26. The maximum atomic E-state index is 9.73. The van der Waals surface area contributed by atoms with E-state index in [1.165, 1.54) is 0 Å². The molecule has 2 heteroatoms. The van der Waals surface area contributed by atoms with Crippen molar-refractivity contribution in [3.05, 3.63) is 0 Å². The van der Waals surface area contributed by atoms with Gasteiger partial charge in [0.2, 0.25) is 0 Å². The Labute approximate surface area is 69.6 Å². The highest BCUT2D eigenvalue weighted by Crippen LogP contribution is 2.19. The average Bonchev–Trinajstić information content (AvgIpc) is 2.02. The SMILES string of the molecule is CCCCC(O)(CC)OCC. The third-order valence-electron chi connectivity index (χ3n) is 1.89. The molecular weight excluding hydrogens is 140 g/mol. The van der Waals surface area contributed by atoms with Crippen molar-refractivity contribution in [1.29, 1.82) is 0 Å². The Bertz CT molecular complexity index is 93.6. The molecule has 0 amide bonds. The van der Waals surface area contributed by atoms with Crippen molar-refractivity contribution in [2.24, 2.45) is 0 Å². The van der Waals surface area contributed by atoms with Crippen LogP contribution in [0, 0.1) is 0 Å². The van der Waals surface area contributed by atoms with Crippen LogP contribution in [0.5, 0.6) is 0 Å². The molecule has 0 heterocycles. The summed E-state index contributed by atoms with van der Waals surface area (Å²) in [6.07, 6.45) is 3.58. The van der Waals surface area contributed by atoms with E-state index in [0.29, 0.717) is 13.0 Å². The Morgan fingerprint density at radius 2 is 1.91 bits per heavy atom. The summed E-state index contributed by atoms with van der Waals surface area (Å²) in [5.74, 6) is -0.856. The van der Waals surface area contributed by atoms with Gasteiger partial charge in [-0.25, -0.2) is 0 Å². The second kappa shape index (κ2) is 5.56. The fourth-order valence-corrected chi connectivity index (χ4v) is 1.07. The molecule has 0 bridgehead atoms. The standard InChI is InChI=1S/C9H20O2/c1-4-7-8-9(10,5-2)11-6-3/h10H,4-8H2,1-3H3. The van der Waals surface area contributed by atoms with Crippen LogP contribution in [-0.4, -0.2) is 17.5 Å². The molecule has 0 radical (unpaired) electrons. The highest BCUT2D eigenvalue weighted by Gasteiger charge is 2.23. The van der Waals surface area contributed by atoms with Crippen LogP contribution in [0.4, 0.5) is 0 Å². The molecule has 0 rings (SSSR count). The Morgan fingerprint density at radius 3 is 2.27 bits per heavy atom. The maximum Gasteiger partial charge on any atom is 0.165 e. The molecule has 0 fully saturated rings. The van der Waals surface area contributed by atoms with E-state index in [0.717, 1.165) is 19.3 Å². The first kappa shape index (κ1) is 10.9. The van der Waals surface area contributed by atoms with Gasteiger partial charge < -0.3 is 9.84 Å². The topological polar surface area (TPSA) is 29.5 Å². The van der Waals surface area contributed by atoms with E-state index >= 15 is 0 Å². The third-order valence-corrected chi connectivity index (χ3v) is 1.89. The number of hydrogen-bond acceptors (Lipinski definition) is 2. The Balaban J connectivity index is 3.68. The molecular formula is C9H20O2. The van der Waals surface area contributed by atoms with E-state index in [4.69, 9.17) is 4.74 Å². The van der Waals surface area contributed by atoms with Crippen molar-refractivity contribution in [1.82, 2.24) is 0 Å². The van der Waals surface area contributed by atoms with E-state index in [-0.39, 0.29) is 0 Å². The van der Waals surface area contributed by atoms with E-state index in [1.54, 1.807) is 0 Å². The normalized spacial score (nSPS) is 16.4. The average molecular weight is 160 g/mol. The van der Waals surface area contributed by atoms with Gasteiger partial charge in [0.15, 0.2) is 5.79 Å². The summed E-state index contributed by atoms with van der Waals surface area (Å²) in [5, 5.41) is 9.73. The number of aliphatic hydroxyl groups is 1. The second-order valence-electron chi connectivity index (χ2n) is 2.84. The predicted octanol–water partition coefficient (Wildman–Crippen LogP) is 2.31. The lowest BCUT2D eigenvalue weighted by Crippen LogP contribution is -2.31. The summed E-state index contributed by atoms with van der Waals surface area (Å²) < 4.78 is 5.24. The zero-order valence-electron chi connectivity index (χ0n) is 7.89. The van der Waals surface area contributed by atoms with Crippen LogP contribution in [0.3, 0.4) is 0 Å². The van der Waals surface area contributed by atoms with Gasteiger partial charge in [-0.15, -0.1) is 0 Å². The number of unbranched alkanes of at least 4 members (excludes halogenated alkanes) is 1. The van der Waals surface area contributed by atoms with E-state index in [1.807, 2.05) is 13.8 Å². The summed E-state index contributed by atoms with van der Waals surface area (Å²) in [7, 11) is 0. The summed E-state index contributed by atoms with van der Waals surface area (Å²) in [6, 6.07) is 0. The van der Waals surface area contributed by atoms with Gasteiger partial charge in [-0.05, 0) is 19.8 Å². The zero-order valence-corrected chi connectivity index (χ0v) is 7.89. The fraction of sp³-hybridized carbons (Fsp3) is 1.00. The summed E-state index contributed by atoms with van der Waals surface area (Å²) in [5.41, 5.74) is 0. The van der Waals surface area contributed by atoms with Gasteiger partial charge >= 0.3 is 0 Å². The fourth-order valence-electron chi connectivity index (χ4n) is 1.07. The van der Waals surface area contributed by atoms with Gasteiger partial charge in [0.25, 0.3) is 0 Å². The second-order valence-corrected chi connectivity index (χ2v) is 2.84. The highest BCUT2D eigenvalue weighted by molar-refractivity contribution is 4.63. The molecule has 0 aromatic heterocycles. The maximum absolute atomic E-state index is 9.73. The van der Waals surface area contributed by atoms with Crippen molar-refractivity contribution in [2.45, 2.75) is 52.2 Å². The van der Waals surface area contributed by atoms with Crippen LogP contribution in [0.15, 0.2) is 0 Å². The molecule has 0 aliphatic carbocycles. The van der Waals surface area contributed by atoms with E-state index in [2.05, 4.69) is 6.92 Å². The molecule has 68 valence electrons. The van der Waals surface area contributed by atoms with E-state index in [9.17, 15) is 5.11 Å². The molecule has 1 atom stereocenters. The Kier molecular flexibility index (Phi) is 5.51. The van der Waals surface area contributed by atoms with Crippen molar-refractivity contribution >= 4 is 0 Å². The van der Waals surface area contributed by atoms with Crippen LogP contribution in [0.1, 0.15) is 46.5 Å². The first-order valence-corrected chi connectivity index (χ1v) is 4.54. The van der Waals surface area contributed by atoms with Crippen LogP contribution in [0.2, 0.25) is 0 Å². The molecule has 0 saturated heterocycles. The van der Waals surface area contributed by atoms with Crippen molar-refractivity contribution in [3.63, 3.8) is 0 Å². The molecule has 0 aromatic rings. The Hall–Kier alpha value is -0.0800. The first-order valence-electron chi connectivity index (χ1n) is 4.54. The van der Waals surface area contributed by atoms with Crippen molar-refractivity contribution in [3.8, 4) is 0 Å². The minimum Gasteiger partial charge on any atom is -0.365 e. The molecule has 0 saturated carbocycles. The Morgan fingerprint density at radius 1 is 1.27 bits per heavy atom. The summed E-state index contributed by atoms with van der Waals surface area (Å²) in [6.45, 7) is 6.56.